The van der Waals surface area contributed by atoms with Crippen molar-refractivity contribution in [3.8, 4) is 11.3 Å². The molecule has 164 valence electrons. The molecule has 1 amide bonds. The zero-order valence-electron chi connectivity index (χ0n) is 18.5. The zero-order valence-corrected chi connectivity index (χ0v) is 18.5. The minimum Gasteiger partial charge on any atom is -0.444 e. The van der Waals surface area contributed by atoms with Crippen LogP contribution in [0.15, 0.2) is 24.5 Å². The molecular weight excluding hydrogens is 396 g/mol. The van der Waals surface area contributed by atoms with Crippen molar-refractivity contribution in [2.24, 2.45) is 7.05 Å². The van der Waals surface area contributed by atoms with E-state index in [1.807, 2.05) is 40.0 Å². The molecule has 2 N–H and O–H groups in total. The Kier molecular flexibility index (Phi) is 5.16. The molecule has 0 radical (unpaired) electrons. The van der Waals surface area contributed by atoms with Gasteiger partial charge in [-0.05, 0) is 39.8 Å². The maximum absolute atomic E-state index is 12.5. The SMILES string of the molecule is C[C@H]1CN(C(=O)OC(C)(C)C)CCN1c1nc(N)nc2c1c(-c1cccnc1)nn2C. The molecule has 0 saturated carbocycles. The second-order valence-corrected chi connectivity index (χ2v) is 8.79. The Morgan fingerprint density at radius 1 is 1.26 bits per heavy atom. The Balaban J connectivity index is 1.71. The van der Waals surface area contributed by atoms with Gasteiger partial charge in [0.15, 0.2) is 5.65 Å². The van der Waals surface area contributed by atoms with Crippen LogP contribution in [0.25, 0.3) is 22.3 Å². The van der Waals surface area contributed by atoms with E-state index in [1.165, 1.54) is 0 Å². The number of carbonyl (C=O) groups is 1. The summed E-state index contributed by atoms with van der Waals surface area (Å²) in [5, 5.41) is 5.49. The van der Waals surface area contributed by atoms with E-state index in [9.17, 15) is 4.79 Å². The van der Waals surface area contributed by atoms with Gasteiger partial charge in [0.1, 0.15) is 17.1 Å². The van der Waals surface area contributed by atoms with Gasteiger partial charge in [-0.1, -0.05) is 0 Å². The zero-order chi connectivity index (χ0) is 22.3. The number of aromatic nitrogens is 5. The Bertz CT molecular complexity index is 1110. The number of ether oxygens (including phenoxy) is 1. The summed E-state index contributed by atoms with van der Waals surface area (Å²) in [6.07, 6.45) is 3.19. The second-order valence-electron chi connectivity index (χ2n) is 8.79. The quantitative estimate of drug-likeness (QED) is 0.667. The predicted molar refractivity (Wildman–Crippen MR) is 119 cm³/mol. The highest BCUT2D eigenvalue weighted by molar-refractivity contribution is 6.00. The lowest BCUT2D eigenvalue weighted by atomic mass is 10.1. The topological polar surface area (TPSA) is 115 Å². The van der Waals surface area contributed by atoms with Crippen LogP contribution in [0.3, 0.4) is 0 Å². The Morgan fingerprint density at radius 3 is 2.68 bits per heavy atom. The second kappa shape index (κ2) is 7.68. The number of nitrogens with zero attached hydrogens (tertiary/aromatic N) is 7. The van der Waals surface area contributed by atoms with Crippen molar-refractivity contribution in [2.45, 2.75) is 39.3 Å². The molecular formula is C21H28N8O2. The maximum Gasteiger partial charge on any atom is 0.410 e. The third-order valence-electron chi connectivity index (χ3n) is 5.17. The number of nitrogen functional groups attached to an aromatic ring is 1. The molecule has 1 saturated heterocycles. The number of rotatable bonds is 2. The summed E-state index contributed by atoms with van der Waals surface area (Å²) in [4.78, 5) is 29.7. The number of aryl methyl sites for hydroxylation is 1. The molecule has 0 spiro atoms. The number of piperazine rings is 1. The van der Waals surface area contributed by atoms with E-state index < -0.39 is 5.60 Å². The van der Waals surface area contributed by atoms with Crippen molar-refractivity contribution in [2.75, 3.05) is 30.3 Å². The average Bonchev–Trinajstić information content (AvgIpc) is 3.03. The maximum atomic E-state index is 12.5. The summed E-state index contributed by atoms with van der Waals surface area (Å²) in [7, 11) is 1.84. The molecule has 1 aliphatic heterocycles. The number of hydrogen-bond donors (Lipinski definition) is 1. The Labute approximate surface area is 181 Å². The highest BCUT2D eigenvalue weighted by Gasteiger charge is 2.32. The van der Waals surface area contributed by atoms with Crippen LogP contribution in [0, 0.1) is 0 Å². The first kappa shape index (κ1) is 20.8. The van der Waals surface area contributed by atoms with E-state index in [2.05, 4.69) is 31.9 Å². The van der Waals surface area contributed by atoms with Crippen LogP contribution in [0.5, 0.6) is 0 Å². The molecule has 1 fully saturated rings. The molecule has 3 aromatic heterocycles. The van der Waals surface area contributed by atoms with Crippen LogP contribution < -0.4 is 10.6 Å². The lowest BCUT2D eigenvalue weighted by Gasteiger charge is -2.41. The number of hydrogen-bond acceptors (Lipinski definition) is 8. The molecule has 10 heteroatoms. The van der Waals surface area contributed by atoms with E-state index in [4.69, 9.17) is 10.5 Å². The molecule has 3 aromatic rings. The van der Waals surface area contributed by atoms with Gasteiger partial charge >= 0.3 is 6.09 Å². The van der Waals surface area contributed by atoms with Gasteiger partial charge in [0, 0.05) is 50.7 Å². The third-order valence-corrected chi connectivity index (χ3v) is 5.17. The van der Waals surface area contributed by atoms with Crippen molar-refractivity contribution in [3.05, 3.63) is 24.5 Å². The highest BCUT2D eigenvalue weighted by Crippen LogP contribution is 2.35. The van der Waals surface area contributed by atoms with E-state index >= 15 is 0 Å². The van der Waals surface area contributed by atoms with Crippen LogP contribution in [0.2, 0.25) is 0 Å². The van der Waals surface area contributed by atoms with Gasteiger partial charge < -0.3 is 20.3 Å². The van der Waals surface area contributed by atoms with Crippen molar-refractivity contribution >= 4 is 28.9 Å². The first-order valence-corrected chi connectivity index (χ1v) is 10.3. The lowest BCUT2D eigenvalue weighted by molar-refractivity contribution is 0.0218. The minimum atomic E-state index is -0.529. The summed E-state index contributed by atoms with van der Waals surface area (Å²) in [6, 6.07) is 3.83. The molecule has 10 nitrogen and oxygen atoms in total. The molecule has 0 aliphatic carbocycles. The standard InChI is InChI=1S/C21H28N8O2/c1-13-12-28(20(30)31-21(2,3)4)9-10-29(13)18-15-16(14-7-6-8-23-11-14)26-27(5)17(15)24-19(22)25-18/h6-8,11,13H,9-10,12H2,1-5H3,(H2,22,24,25)/t13-/m0/s1. The Morgan fingerprint density at radius 2 is 2.03 bits per heavy atom. The first-order chi connectivity index (χ1) is 14.6. The predicted octanol–water partition coefficient (Wildman–Crippen LogP) is 2.45. The van der Waals surface area contributed by atoms with Crippen LogP contribution in [0.1, 0.15) is 27.7 Å². The van der Waals surface area contributed by atoms with Gasteiger partial charge in [-0.3, -0.25) is 4.98 Å². The number of amides is 1. The van der Waals surface area contributed by atoms with Gasteiger partial charge in [-0.2, -0.15) is 15.1 Å². The van der Waals surface area contributed by atoms with Crippen LogP contribution in [-0.2, 0) is 11.8 Å². The van der Waals surface area contributed by atoms with Crippen LogP contribution in [-0.4, -0.2) is 67.0 Å². The fourth-order valence-corrected chi connectivity index (χ4v) is 3.82. The minimum absolute atomic E-state index is 0.000669. The number of anilines is 2. The summed E-state index contributed by atoms with van der Waals surface area (Å²) >= 11 is 0. The Hall–Kier alpha value is -3.43. The molecule has 4 rings (SSSR count). The summed E-state index contributed by atoms with van der Waals surface area (Å²) < 4.78 is 7.25. The summed E-state index contributed by atoms with van der Waals surface area (Å²) in [5.74, 6) is 0.899. The van der Waals surface area contributed by atoms with Crippen molar-refractivity contribution in [3.63, 3.8) is 0 Å². The summed E-state index contributed by atoms with van der Waals surface area (Å²) in [5.41, 5.74) is 7.81. The van der Waals surface area contributed by atoms with Crippen molar-refractivity contribution < 1.29 is 9.53 Å². The smallest absolute Gasteiger partial charge is 0.410 e. The number of nitrogens with two attached hydrogens (primary N) is 1. The monoisotopic (exact) mass is 424 g/mol. The summed E-state index contributed by atoms with van der Waals surface area (Å²) in [6.45, 7) is 9.29. The van der Waals surface area contributed by atoms with E-state index in [0.717, 1.165) is 16.6 Å². The van der Waals surface area contributed by atoms with E-state index in [1.54, 1.807) is 22.0 Å². The van der Waals surface area contributed by atoms with Gasteiger partial charge in [0.05, 0.1) is 5.39 Å². The van der Waals surface area contributed by atoms with E-state index in [-0.39, 0.29) is 18.1 Å². The van der Waals surface area contributed by atoms with Crippen molar-refractivity contribution in [1.82, 2.24) is 29.6 Å². The van der Waals surface area contributed by atoms with Crippen LogP contribution in [0.4, 0.5) is 16.6 Å². The fourth-order valence-electron chi connectivity index (χ4n) is 3.82. The largest absolute Gasteiger partial charge is 0.444 e. The fraction of sp³-hybridized carbons (Fsp3) is 0.476. The molecule has 4 heterocycles. The third kappa shape index (κ3) is 4.10. The first-order valence-electron chi connectivity index (χ1n) is 10.3. The van der Waals surface area contributed by atoms with Gasteiger partial charge in [0.2, 0.25) is 5.95 Å². The molecule has 0 aromatic carbocycles. The normalized spacial score (nSPS) is 17.3. The number of fused-ring (bicyclic) bond motifs is 1. The van der Waals surface area contributed by atoms with Crippen LogP contribution >= 0.6 is 0 Å². The molecule has 31 heavy (non-hydrogen) atoms. The molecule has 1 aliphatic rings. The molecule has 0 bridgehead atoms. The van der Waals surface area contributed by atoms with Crippen molar-refractivity contribution in [1.29, 1.82) is 0 Å². The molecule has 1 atom stereocenters. The molecule has 0 unspecified atom stereocenters. The van der Waals surface area contributed by atoms with Gasteiger partial charge in [0.25, 0.3) is 0 Å². The number of carbonyl (C=O) groups excluding carboxylic acids is 1. The van der Waals surface area contributed by atoms with E-state index in [0.29, 0.717) is 31.1 Å². The lowest BCUT2D eigenvalue weighted by Crippen LogP contribution is -2.55. The van der Waals surface area contributed by atoms with Gasteiger partial charge in [-0.15, -0.1) is 0 Å². The average molecular weight is 425 g/mol. The highest BCUT2D eigenvalue weighted by atomic mass is 16.6. The van der Waals surface area contributed by atoms with Gasteiger partial charge in [-0.25, -0.2) is 9.48 Å². The number of pyridine rings is 1.